The number of carbonyl (C=O) groups excluding carboxylic acids is 1. The van der Waals surface area contributed by atoms with Crippen LogP contribution in [0.4, 0.5) is 0 Å². The number of piperidine rings is 1. The molecule has 0 unspecified atom stereocenters. The lowest BCUT2D eigenvalue weighted by Crippen LogP contribution is -2.45. The van der Waals surface area contributed by atoms with Gasteiger partial charge in [0.05, 0.1) is 10.2 Å². The minimum atomic E-state index is 0.169. The molecule has 7 heteroatoms. The van der Waals surface area contributed by atoms with Crippen molar-refractivity contribution in [3.8, 4) is 16.7 Å². The summed E-state index contributed by atoms with van der Waals surface area (Å²) in [6.45, 7) is 4.70. The first kappa shape index (κ1) is 19.7. The Balaban J connectivity index is 1.19. The van der Waals surface area contributed by atoms with E-state index in [0.717, 1.165) is 54.2 Å². The molecule has 6 nitrogen and oxygen atoms in total. The van der Waals surface area contributed by atoms with Crippen LogP contribution in [0, 0.1) is 0 Å². The summed E-state index contributed by atoms with van der Waals surface area (Å²) in [6.07, 6.45) is 1.99. The molecule has 0 aliphatic carbocycles. The molecule has 1 N–H and O–H groups in total. The van der Waals surface area contributed by atoms with Crippen LogP contribution in [0.25, 0.3) is 10.2 Å². The molecule has 3 aromatic rings. The maximum absolute atomic E-state index is 11.4. The number of aromatic nitrogens is 1. The summed E-state index contributed by atoms with van der Waals surface area (Å²) in [5.74, 6) is 1.73. The topological polar surface area (TPSA) is 63.7 Å². The Morgan fingerprint density at radius 3 is 2.59 bits per heavy atom. The van der Waals surface area contributed by atoms with Crippen molar-refractivity contribution in [2.45, 2.75) is 25.8 Å². The van der Waals surface area contributed by atoms with Crippen molar-refractivity contribution in [3.05, 3.63) is 48.5 Å². The molecule has 152 valence electrons. The van der Waals surface area contributed by atoms with E-state index < -0.39 is 0 Å². The Hall–Kier alpha value is -2.64. The second-order valence-electron chi connectivity index (χ2n) is 7.10. The fourth-order valence-corrected chi connectivity index (χ4v) is 4.26. The molecule has 1 aliphatic rings. The number of thiazole rings is 1. The number of fused-ring (bicyclic) bond motifs is 1. The highest BCUT2D eigenvalue weighted by atomic mass is 32.1. The van der Waals surface area contributed by atoms with E-state index in [0.29, 0.717) is 17.8 Å². The monoisotopic (exact) mass is 411 g/mol. The first-order valence-corrected chi connectivity index (χ1v) is 10.7. The Labute approximate surface area is 174 Å². The second kappa shape index (κ2) is 9.24. The average Bonchev–Trinajstić information content (AvgIpc) is 3.15. The van der Waals surface area contributed by atoms with Crippen molar-refractivity contribution in [1.29, 1.82) is 0 Å². The Morgan fingerprint density at radius 2 is 1.86 bits per heavy atom. The molecule has 0 saturated carbocycles. The minimum Gasteiger partial charge on any atom is -0.492 e. The normalized spacial score (nSPS) is 14.9. The van der Waals surface area contributed by atoms with Crippen LogP contribution < -0.4 is 14.8 Å². The summed E-state index contributed by atoms with van der Waals surface area (Å²) in [4.78, 5) is 17.8. The zero-order valence-corrected chi connectivity index (χ0v) is 17.3. The Bertz CT molecular complexity index is 916. The number of benzene rings is 2. The first-order chi connectivity index (χ1) is 14.2. The smallest absolute Gasteiger partial charge is 0.279 e. The van der Waals surface area contributed by atoms with Gasteiger partial charge in [0.2, 0.25) is 5.91 Å². The van der Waals surface area contributed by atoms with Crippen LogP contribution in [-0.4, -0.2) is 48.1 Å². The molecule has 1 aliphatic heterocycles. The summed E-state index contributed by atoms with van der Waals surface area (Å²) in [7, 11) is 0. The van der Waals surface area contributed by atoms with E-state index in [1.165, 1.54) is 11.3 Å². The Morgan fingerprint density at radius 1 is 1.14 bits per heavy atom. The quantitative estimate of drug-likeness (QED) is 0.594. The molecule has 1 amide bonds. The zero-order valence-electron chi connectivity index (χ0n) is 16.5. The number of nitrogens with one attached hydrogen (secondary N) is 1. The van der Waals surface area contributed by atoms with E-state index in [2.05, 4.69) is 10.3 Å². The van der Waals surface area contributed by atoms with Crippen molar-refractivity contribution in [1.82, 2.24) is 15.2 Å². The number of nitrogens with zero attached hydrogens (tertiary/aromatic N) is 2. The highest BCUT2D eigenvalue weighted by Gasteiger charge is 2.19. The highest BCUT2D eigenvalue weighted by molar-refractivity contribution is 7.20. The van der Waals surface area contributed by atoms with E-state index in [-0.39, 0.29) is 5.91 Å². The lowest BCUT2D eigenvalue weighted by Gasteiger charge is -2.31. The third kappa shape index (κ3) is 5.25. The van der Waals surface area contributed by atoms with E-state index >= 15 is 0 Å². The number of amides is 1. The number of para-hydroxylation sites is 1. The number of likely N-dealkylation sites (tertiary alicyclic amines) is 1. The molecule has 1 aromatic heterocycles. The maximum Gasteiger partial charge on any atom is 0.279 e. The molecule has 2 heterocycles. The van der Waals surface area contributed by atoms with Gasteiger partial charge >= 0.3 is 0 Å². The number of hydrogen-bond donors (Lipinski definition) is 1. The molecule has 0 radical (unpaired) electrons. The van der Waals surface area contributed by atoms with Crippen LogP contribution in [0.1, 0.15) is 19.8 Å². The van der Waals surface area contributed by atoms with Crippen molar-refractivity contribution < 1.29 is 14.3 Å². The zero-order chi connectivity index (χ0) is 20.1. The number of carbonyl (C=O) groups is 1. The van der Waals surface area contributed by atoms with E-state index in [9.17, 15) is 4.79 Å². The van der Waals surface area contributed by atoms with Crippen molar-refractivity contribution in [3.63, 3.8) is 0 Å². The predicted octanol–water partition coefficient (Wildman–Crippen LogP) is 4.07. The first-order valence-electron chi connectivity index (χ1n) is 9.92. The van der Waals surface area contributed by atoms with Gasteiger partial charge in [0.1, 0.15) is 18.1 Å². The standard InChI is InChI=1S/C22H25N3O3S/c1-16(26)25-13-10-17(11-14-25)23-12-15-27-18-6-8-19(9-7-18)28-22-24-20-4-2-3-5-21(20)29-22/h2-9,17,23H,10-15H2,1H3. The van der Waals surface area contributed by atoms with Crippen LogP contribution in [-0.2, 0) is 4.79 Å². The molecule has 0 spiro atoms. The van der Waals surface area contributed by atoms with Gasteiger partial charge in [0.15, 0.2) is 0 Å². The van der Waals surface area contributed by atoms with Crippen molar-refractivity contribution in [2.75, 3.05) is 26.2 Å². The summed E-state index contributed by atoms with van der Waals surface area (Å²) in [5, 5.41) is 4.15. The molecular weight excluding hydrogens is 386 g/mol. The Kier molecular flexibility index (Phi) is 6.27. The van der Waals surface area contributed by atoms with Gasteiger partial charge in [-0.2, -0.15) is 0 Å². The summed E-state index contributed by atoms with van der Waals surface area (Å²) < 4.78 is 12.8. The number of ether oxygens (including phenoxy) is 2. The lowest BCUT2D eigenvalue weighted by molar-refractivity contribution is -0.129. The highest BCUT2D eigenvalue weighted by Crippen LogP contribution is 2.31. The van der Waals surface area contributed by atoms with Crippen LogP contribution in [0.5, 0.6) is 16.7 Å². The molecule has 2 aromatic carbocycles. The fraction of sp³-hybridized carbons (Fsp3) is 0.364. The number of rotatable bonds is 7. The van der Waals surface area contributed by atoms with Gasteiger partial charge in [-0.05, 0) is 49.2 Å². The van der Waals surface area contributed by atoms with Crippen molar-refractivity contribution in [2.24, 2.45) is 0 Å². The van der Waals surface area contributed by atoms with Gasteiger partial charge in [-0.25, -0.2) is 4.98 Å². The molecule has 0 bridgehead atoms. The van der Waals surface area contributed by atoms with E-state index in [1.807, 2.05) is 53.4 Å². The summed E-state index contributed by atoms with van der Waals surface area (Å²) >= 11 is 1.53. The SMILES string of the molecule is CC(=O)N1CCC(NCCOc2ccc(Oc3nc4ccccc4s3)cc2)CC1. The van der Waals surface area contributed by atoms with Gasteiger partial charge in [-0.15, -0.1) is 0 Å². The van der Waals surface area contributed by atoms with Gasteiger partial charge in [-0.1, -0.05) is 23.5 Å². The molecule has 4 rings (SSSR count). The molecule has 29 heavy (non-hydrogen) atoms. The lowest BCUT2D eigenvalue weighted by atomic mass is 10.1. The van der Waals surface area contributed by atoms with Crippen molar-refractivity contribution >= 4 is 27.5 Å². The summed E-state index contributed by atoms with van der Waals surface area (Å²) in [5.41, 5.74) is 0.951. The van der Waals surface area contributed by atoms with Crippen LogP contribution in [0.3, 0.4) is 0 Å². The molecule has 0 atom stereocenters. The third-order valence-corrected chi connectivity index (χ3v) is 5.96. The van der Waals surface area contributed by atoms with Crippen LogP contribution >= 0.6 is 11.3 Å². The fourth-order valence-electron chi connectivity index (χ4n) is 3.43. The predicted molar refractivity (Wildman–Crippen MR) is 115 cm³/mol. The molecule has 1 fully saturated rings. The molecular formula is C22H25N3O3S. The largest absolute Gasteiger partial charge is 0.492 e. The van der Waals surface area contributed by atoms with Gasteiger partial charge < -0.3 is 19.7 Å². The van der Waals surface area contributed by atoms with Gasteiger partial charge in [-0.3, -0.25) is 4.79 Å². The molecule has 1 saturated heterocycles. The van der Waals surface area contributed by atoms with E-state index in [4.69, 9.17) is 9.47 Å². The van der Waals surface area contributed by atoms with Crippen LogP contribution in [0.2, 0.25) is 0 Å². The van der Waals surface area contributed by atoms with Crippen LogP contribution in [0.15, 0.2) is 48.5 Å². The number of hydrogen-bond acceptors (Lipinski definition) is 6. The average molecular weight is 412 g/mol. The maximum atomic E-state index is 11.4. The second-order valence-corrected chi connectivity index (χ2v) is 8.10. The van der Waals surface area contributed by atoms with E-state index in [1.54, 1.807) is 6.92 Å². The third-order valence-electron chi connectivity index (χ3n) is 5.05. The van der Waals surface area contributed by atoms with Gasteiger partial charge in [0.25, 0.3) is 5.19 Å². The minimum absolute atomic E-state index is 0.169. The summed E-state index contributed by atoms with van der Waals surface area (Å²) in [6, 6.07) is 16.1. The van der Waals surface area contributed by atoms with Gasteiger partial charge in [0, 0.05) is 32.6 Å².